The third-order valence-electron chi connectivity index (χ3n) is 4.29. The van der Waals surface area contributed by atoms with Crippen LogP contribution in [0.4, 0.5) is 0 Å². The monoisotopic (exact) mass is 324 g/mol. The number of fused-ring (bicyclic) bond motifs is 1. The summed E-state index contributed by atoms with van der Waals surface area (Å²) in [5, 5.41) is 0. The van der Waals surface area contributed by atoms with Crippen LogP contribution in [-0.2, 0) is 6.42 Å². The maximum atomic E-state index is 12.8. The number of allylic oxidation sites excluding steroid dienone is 1. The van der Waals surface area contributed by atoms with Crippen molar-refractivity contribution in [3.05, 3.63) is 58.7 Å². The Hall–Kier alpha value is -2.75. The molecule has 2 aromatic rings. The smallest absolute Gasteiger partial charge is 0.189 e. The van der Waals surface area contributed by atoms with Gasteiger partial charge < -0.3 is 14.2 Å². The molecule has 0 bridgehead atoms. The first-order valence-corrected chi connectivity index (χ1v) is 7.80. The van der Waals surface area contributed by atoms with Crippen LogP contribution in [-0.4, -0.2) is 27.1 Å². The second-order valence-electron chi connectivity index (χ2n) is 5.63. The minimum absolute atomic E-state index is 0.0491. The molecule has 0 atom stereocenters. The molecule has 1 aliphatic carbocycles. The number of ether oxygens (including phenoxy) is 3. The number of ketones is 1. The molecule has 3 rings (SSSR count). The topological polar surface area (TPSA) is 44.8 Å². The van der Waals surface area contributed by atoms with Crippen molar-refractivity contribution in [1.29, 1.82) is 0 Å². The molecule has 0 N–H and O–H groups in total. The van der Waals surface area contributed by atoms with E-state index in [0.717, 1.165) is 34.4 Å². The average molecular weight is 324 g/mol. The lowest BCUT2D eigenvalue weighted by Gasteiger charge is -2.18. The van der Waals surface area contributed by atoms with Crippen LogP contribution in [0.15, 0.2) is 42.0 Å². The molecule has 0 saturated heterocycles. The van der Waals surface area contributed by atoms with Crippen molar-refractivity contribution in [3.8, 4) is 17.2 Å². The van der Waals surface area contributed by atoms with Crippen LogP contribution >= 0.6 is 0 Å². The Morgan fingerprint density at radius 1 is 0.875 bits per heavy atom. The van der Waals surface area contributed by atoms with Gasteiger partial charge in [0.1, 0.15) is 17.2 Å². The number of hydrogen-bond acceptors (Lipinski definition) is 4. The van der Waals surface area contributed by atoms with Gasteiger partial charge in [0.15, 0.2) is 5.78 Å². The van der Waals surface area contributed by atoms with Crippen LogP contribution in [0.1, 0.15) is 27.9 Å². The Kier molecular flexibility index (Phi) is 4.56. The second kappa shape index (κ2) is 6.79. The van der Waals surface area contributed by atoms with E-state index in [2.05, 4.69) is 0 Å². The molecular weight excluding hydrogens is 304 g/mol. The highest BCUT2D eigenvalue weighted by Gasteiger charge is 2.22. The number of carbonyl (C=O) groups is 1. The van der Waals surface area contributed by atoms with Gasteiger partial charge in [0, 0.05) is 22.8 Å². The van der Waals surface area contributed by atoms with E-state index in [-0.39, 0.29) is 5.78 Å². The maximum absolute atomic E-state index is 12.8. The molecule has 0 fully saturated rings. The van der Waals surface area contributed by atoms with E-state index in [1.54, 1.807) is 21.3 Å². The molecule has 4 nitrogen and oxygen atoms in total. The van der Waals surface area contributed by atoms with Crippen molar-refractivity contribution < 1.29 is 19.0 Å². The van der Waals surface area contributed by atoms with Crippen LogP contribution < -0.4 is 14.2 Å². The van der Waals surface area contributed by atoms with Gasteiger partial charge >= 0.3 is 0 Å². The van der Waals surface area contributed by atoms with E-state index in [1.807, 2.05) is 42.5 Å². The number of benzene rings is 2. The van der Waals surface area contributed by atoms with Gasteiger partial charge in [-0.25, -0.2) is 0 Å². The summed E-state index contributed by atoms with van der Waals surface area (Å²) < 4.78 is 15.9. The van der Waals surface area contributed by atoms with Crippen LogP contribution in [0, 0.1) is 0 Å². The molecule has 124 valence electrons. The molecular formula is C20H20O4. The van der Waals surface area contributed by atoms with Gasteiger partial charge in [-0.15, -0.1) is 0 Å². The van der Waals surface area contributed by atoms with Crippen LogP contribution in [0.5, 0.6) is 17.2 Å². The van der Waals surface area contributed by atoms with Crippen molar-refractivity contribution in [3.63, 3.8) is 0 Å². The fourth-order valence-corrected chi connectivity index (χ4v) is 2.93. The fraction of sp³-hybridized carbons (Fsp3) is 0.250. The van der Waals surface area contributed by atoms with Gasteiger partial charge in [0.25, 0.3) is 0 Å². The van der Waals surface area contributed by atoms with E-state index in [0.29, 0.717) is 17.9 Å². The largest absolute Gasteiger partial charge is 0.497 e. The first-order valence-electron chi connectivity index (χ1n) is 7.80. The summed E-state index contributed by atoms with van der Waals surface area (Å²) in [7, 11) is 4.83. The Morgan fingerprint density at radius 2 is 1.58 bits per heavy atom. The predicted molar refractivity (Wildman–Crippen MR) is 93.2 cm³/mol. The summed E-state index contributed by atoms with van der Waals surface area (Å²) in [6, 6.07) is 11.3. The quantitative estimate of drug-likeness (QED) is 0.800. The molecule has 1 aliphatic rings. The minimum Gasteiger partial charge on any atom is -0.497 e. The van der Waals surface area contributed by atoms with Gasteiger partial charge in [0.05, 0.1) is 21.3 Å². The van der Waals surface area contributed by atoms with Crippen LogP contribution in [0.2, 0.25) is 0 Å². The highest BCUT2D eigenvalue weighted by Crippen LogP contribution is 2.32. The molecule has 0 spiro atoms. The third-order valence-corrected chi connectivity index (χ3v) is 4.29. The highest BCUT2D eigenvalue weighted by molar-refractivity contribution is 6.13. The molecule has 0 radical (unpaired) electrons. The summed E-state index contributed by atoms with van der Waals surface area (Å²) in [4.78, 5) is 12.8. The highest BCUT2D eigenvalue weighted by atomic mass is 16.5. The van der Waals surface area contributed by atoms with Gasteiger partial charge in [-0.05, 0) is 48.7 Å². The molecule has 2 aromatic carbocycles. The lowest BCUT2D eigenvalue weighted by molar-refractivity contribution is 0.102. The van der Waals surface area contributed by atoms with Gasteiger partial charge in [-0.1, -0.05) is 6.07 Å². The number of hydrogen-bond donors (Lipinski definition) is 0. The summed E-state index contributed by atoms with van der Waals surface area (Å²) in [5.41, 5.74) is 3.44. The predicted octanol–water partition coefficient (Wildman–Crippen LogP) is 3.92. The standard InChI is InChI=1S/C20H20O4/c1-22-16-8-6-13-4-5-15(20(21)18(13)11-16)10-14-7-9-17(23-2)12-19(14)24-3/h6-12H,4-5H2,1-3H3/b15-10+. The zero-order chi connectivity index (χ0) is 17.1. The average Bonchev–Trinajstić information content (AvgIpc) is 2.64. The SMILES string of the molecule is COc1ccc(/C=C2\CCc3ccc(OC)cc3C2=O)c(OC)c1. The molecule has 0 saturated carbocycles. The van der Waals surface area contributed by atoms with Gasteiger partial charge in [-0.3, -0.25) is 4.79 Å². The summed E-state index contributed by atoms with van der Waals surface area (Å²) in [6.07, 6.45) is 3.46. The zero-order valence-corrected chi connectivity index (χ0v) is 14.1. The van der Waals surface area contributed by atoms with Crippen molar-refractivity contribution in [1.82, 2.24) is 0 Å². The van der Waals surface area contributed by atoms with Crippen molar-refractivity contribution in [2.75, 3.05) is 21.3 Å². The Balaban J connectivity index is 1.98. The normalized spacial score (nSPS) is 15.1. The number of methoxy groups -OCH3 is 3. The first-order chi connectivity index (χ1) is 11.7. The Bertz CT molecular complexity index is 805. The van der Waals surface area contributed by atoms with Crippen LogP contribution in [0.3, 0.4) is 0 Å². The molecule has 0 heterocycles. The summed E-state index contributed by atoms with van der Waals surface area (Å²) in [6.45, 7) is 0. The molecule has 0 aliphatic heterocycles. The third kappa shape index (κ3) is 3.00. The van der Waals surface area contributed by atoms with E-state index in [1.165, 1.54) is 0 Å². The van der Waals surface area contributed by atoms with Gasteiger partial charge in [-0.2, -0.15) is 0 Å². The van der Waals surface area contributed by atoms with Crippen molar-refractivity contribution >= 4 is 11.9 Å². The van der Waals surface area contributed by atoms with E-state index < -0.39 is 0 Å². The second-order valence-corrected chi connectivity index (χ2v) is 5.63. The van der Waals surface area contributed by atoms with E-state index in [4.69, 9.17) is 14.2 Å². The summed E-state index contributed by atoms with van der Waals surface area (Å²) >= 11 is 0. The molecule has 0 amide bonds. The van der Waals surface area contributed by atoms with E-state index >= 15 is 0 Å². The number of Topliss-reactive ketones (excluding diaryl/α,β-unsaturated/α-hetero) is 1. The minimum atomic E-state index is 0.0491. The lowest BCUT2D eigenvalue weighted by Crippen LogP contribution is -2.14. The number of aryl methyl sites for hydroxylation is 1. The first kappa shape index (κ1) is 16.1. The van der Waals surface area contributed by atoms with E-state index in [9.17, 15) is 4.79 Å². The Labute approximate surface area is 141 Å². The lowest BCUT2D eigenvalue weighted by atomic mass is 9.86. The van der Waals surface area contributed by atoms with Crippen LogP contribution in [0.25, 0.3) is 6.08 Å². The zero-order valence-electron chi connectivity index (χ0n) is 14.1. The maximum Gasteiger partial charge on any atom is 0.189 e. The number of rotatable bonds is 4. The van der Waals surface area contributed by atoms with Gasteiger partial charge in [0.2, 0.25) is 0 Å². The molecule has 4 heteroatoms. The molecule has 0 unspecified atom stereocenters. The van der Waals surface area contributed by atoms with Crippen molar-refractivity contribution in [2.24, 2.45) is 0 Å². The summed E-state index contributed by atoms with van der Waals surface area (Å²) in [5.74, 6) is 2.16. The van der Waals surface area contributed by atoms with Crippen molar-refractivity contribution in [2.45, 2.75) is 12.8 Å². The fourth-order valence-electron chi connectivity index (χ4n) is 2.93. The molecule has 0 aromatic heterocycles. The Morgan fingerprint density at radius 3 is 2.29 bits per heavy atom. The molecule has 24 heavy (non-hydrogen) atoms. The number of carbonyl (C=O) groups excluding carboxylic acids is 1.